The van der Waals surface area contributed by atoms with Gasteiger partial charge in [0, 0.05) is 5.02 Å². The molecule has 0 saturated carbocycles. The van der Waals surface area contributed by atoms with E-state index >= 15 is 0 Å². The maximum absolute atomic E-state index is 11.8. The minimum atomic E-state index is -0.483. The fraction of sp³-hybridized carbons (Fsp3) is 0.174. The lowest BCUT2D eigenvalue weighted by Crippen LogP contribution is -2.08. The Morgan fingerprint density at radius 1 is 1.07 bits per heavy atom. The predicted molar refractivity (Wildman–Crippen MR) is 115 cm³/mol. The van der Waals surface area contributed by atoms with Gasteiger partial charge in [0.05, 0.1) is 13.7 Å². The molecule has 6 nitrogen and oxygen atoms in total. The van der Waals surface area contributed by atoms with Gasteiger partial charge in [0.15, 0.2) is 11.3 Å². The zero-order valence-corrected chi connectivity index (χ0v) is 17.4. The number of imidazole rings is 1. The Labute approximate surface area is 179 Å². The van der Waals surface area contributed by atoms with Gasteiger partial charge in [-0.25, -0.2) is 14.8 Å². The summed E-state index contributed by atoms with van der Waals surface area (Å²) in [6.45, 7) is 2.81. The van der Waals surface area contributed by atoms with Crippen molar-refractivity contribution >= 4 is 28.7 Å². The van der Waals surface area contributed by atoms with Gasteiger partial charge in [-0.15, -0.1) is 0 Å². The van der Waals surface area contributed by atoms with Gasteiger partial charge in [-0.3, -0.25) is 0 Å². The van der Waals surface area contributed by atoms with Gasteiger partial charge in [-0.2, -0.15) is 0 Å². The minimum Gasteiger partial charge on any atom is -0.489 e. The highest BCUT2D eigenvalue weighted by Crippen LogP contribution is 2.23. The van der Waals surface area contributed by atoms with Crippen LogP contribution in [0.25, 0.3) is 11.2 Å². The first-order valence-corrected chi connectivity index (χ1v) is 9.80. The number of aryl methyl sites for hydroxylation is 1. The molecule has 0 spiro atoms. The molecule has 0 radical (unpaired) electrons. The van der Waals surface area contributed by atoms with Crippen molar-refractivity contribution in [1.82, 2.24) is 14.5 Å². The highest BCUT2D eigenvalue weighted by atomic mass is 35.5. The summed E-state index contributed by atoms with van der Waals surface area (Å²) >= 11 is 6.55. The van der Waals surface area contributed by atoms with Crippen molar-refractivity contribution in [3.63, 3.8) is 0 Å². The maximum Gasteiger partial charge on any atom is 0.356 e. The Balaban J connectivity index is 1.57. The van der Waals surface area contributed by atoms with Crippen molar-refractivity contribution in [2.75, 3.05) is 7.11 Å². The van der Waals surface area contributed by atoms with Gasteiger partial charge in [-0.1, -0.05) is 41.9 Å². The summed E-state index contributed by atoms with van der Waals surface area (Å²) in [5.41, 5.74) is 3.47. The van der Waals surface area contributed by atoms with Gasteiger partial charge in [0.1, 0.15) is 23.7 Å². The molecule has 152 valence electrons. The van der Waals surface area contributed by atoms with E-state index in [4.69, 9.17) is 21.1 Å². The molecule has 2 aromatic heterocycles. The topological polar surface area (TPSA) is 66.2 Å². The van der Waals surface area contributed by atoms with Crippen LogP contribution in [-0.2, 0) is 17.9 Å². The molecule has 0 amide bonds. The zero-order chi connectivity index (χ0) is 21.1. The number of aromatic nitrogens is 3. The zero-order valence-electron chi connectivity index (χ0n) is 16.6. The lowest BCUT2D eigenvalue weighted by molar-refractivity contribution is 0.0594. The molecule has 7 heteroatoms. The second kappa shape index (κ2) is 8.55. The molecule has 4 rings (SSSR count). The quantitative estimate of drug-likeness (QED) is 0.418. The van der Waals surface area contributed by atoms with Crippen LogP contribution >= 0.6 is 11.6 Å². The number of fused-ring (bicyclic) bond motifs is 1. The molecule has 0 bridgehead atoms. The number of benzene rings is 2. The Hall–Kier alpha value is -3.38. The summed E-state index contributed by atoms with van der Waals surface area (Å²) in [6, 6.07) is 18.9. The number of pyridine rings is 1. The van der Waals surface area contributed by atoms with Crippen LogP contribution in [0.15, 0.2) is 60.7 Å². The highest BCUT2D eigenvalue weighted by Gasteiger charge is 2.15. The molecular formula is C23H20ClN3O3. The van der Waals surface area contributed by atoms with Crippen molar-refractivity contribution < 1.29 is 14.3 Å². The van der Waals surface area contributed by atoms with Crippen LogP contribution in [-0.4, -0.2) is 27.6 Å². The lowest BCUT2D eigenvalue weighted by atomic mass is 10.1. The third-order valence-corrected chi connectivity index (χ3v) is 5.12. The highest BCUT2D eigenvalue weighted by molar-refractivity contribution is 6.31. The predicted octanol–water partition coefficient (Wildman–Crippen LogP) is 4.81. The van der Waals surface area contributed by atoms with Crippen molar-refractivity contribution in [2.24, 2.45) is 0 Å². The molecule has 0 saturated heterocycles. The Morgan fingerprint density at radius 3 is 2.60 bits per heavy atom. The van der Waals surface area contributed by atoms with Crippen molar-refractivity contribution in [3.05, 3.63) is 88.3 Å². The molecule has 30 heavy (non-hydrogen) atoms. The summed E-state index contributed by atoms with van der Waals surface area (Å²) in [5, 5.41) is 0.634. The number of methoxy groups -OCH3 is 1. The Kier molecular flexibility index (Phi) is 5.68. The number of carbonyl (C=O) groups excluding carboxylic acids is 1. The normalized spacial score (nSPS) is 10.9. The molecule has 0 N–H and O–H groups in total. The number of carbonyl (C=O) groups is 1. The van der Waals surface area contributed by atoms with Crippen LogP contribution in [0.4, 0.5) is 0 Å². The smallest absolute Gasteiger partial charge is 0.356 e. The van der Waals surface area contributed by atoms with Crippen LogP contribution in [0.1, 0.15) is 27.4 Å². The van der Waals surface area contributed by atoms with E-state index in [2.05, 4.69) is 9.97 Å². The van der Waals surface area contributed by atoms with E-state index in [0.29, 0.717) is 29.3 Å². The first-order chi connectivity index (χ1) is 14.5. The number of halogens is 1. The van der Waals surface area contributed by atoms with E-state index in [1.54, 1.807) is 12.1 Å². The third kappa shape index (κ3) is 4.14. The average Bonchev–Trinajstić information content (AvgIpc) is 3.08. The largest absolute Gasteiger partial charge is 0.489 e. The number of nitrogens with zero attached hydrogens (tertiary/aromatic N) is 3. The molecule has 0 fully saturated rings. The monoisotopic (exact) mass is 421 g/mol. The Morgan fingerprint density at radius 2 is 1.87 bits per heavy atom. The maximum atomic E-state index is 11.8. The summed E-state index contributed by atoms with van der Waals surface area (Å²) in [4.78, 5) is 20.8. The molecule has 2 heterocycles. The first kappa shape index (κ1) is 19.9. The number of ether oxygens (including phenoxy) is 2. The Bertz CT molecular complexity index is 1210. The SMILES string of the molecule is COC(=O)c1ccc2nc(C)n(Cc3ccc(COc4ccccc4)cc3Cl)c2n1. The van der Waals surface area contributed by atoms with Gasteiger partial charge in [0.2, 0.25) is 0 Å². The fourth-order valence-electron chi connectivity index (χ4n) is 3.18. The molecule has 0 aliphatic carbocycles. The van der Waals surface area contributed by atoms with Gasteiger partial charge < -0.3 is 14.0 Å². The second-order valence-electron chi connectivity index (χ2n) is 6.80. The molecular weight excluding hydrogens is 402 g/mol. The molecule has 0 unspecified atom stereocenters. The van der Waals surface area contributed by atoms with Crippen molar-refractivity contribution in [1.29, 1.82) is 0 Å². The van der Waals surface area contributed by atoms with E-state index < -0.39 is 5.97 Å². The number of rotatable bonds is 6. The molecule has 0 atom stereocenters. The second-order valence-corrected chi connectivity index (χ2v) is 7.21. The van der Waals surface area contributed by atoms with Crippen LogP contribution in [0.3, 0.4) is 0 Å². The van der Waals surface area contributed by atoms with E-state index in [-0.39, 0.29) is 5.69 Å². The van der Waals surface area contributed by atoms with Gasteiger partial charge in [0.25, 0.3) is 0 Å². The van der Waals surface area contributed by atoms with Crippen molar-refractivity contribution in [2.45, 2.75) is 20.1 Å². The van der Waals surface area contributed by atoms with Gasteiger partial charge in [-0.05, 0) is 48.4 Å². The van der Waals surface area contributed by atoms with Crippen LogP contribution < -0.4 is 4.74 Å². The summed E-state index contributed by atoms with van der Waals surface area (Å²) < 4.78 is 12.5. The minimum absolute atomic E-state index is 0.241. The van der Waals surface area contributed by atoms with E-state index in [0.717, 1.165) is 22.7 Å². The summed E-state index contributed by atoms with van der Waals surface area (Å²) in [7, 11) is 1.33. The third-order valence-electron chi connectivity index (χ3n) is 4.77. The molecule has 0 aliphatic rings. The number of hydrogen-bond acceptors (Lipinski definition) is 5. The molecule has 2 aromatic carbocycles. The average molecular weight is 422 g/mol. The van der Waals surface area contributed by atoms with Gasteiger partial charge >= 0.3 is 5.97 Å². The van der Waals surface area contributed by atoms with E-state index in [1.807, 2.05) is 60.0 Å². The van der Waals surface area contributed by atoms with Crippen molar-refractivity contribution in [3.8, 4) is 5.75 Å². The summed E-state index contributed by atoms with van der Waals surface area (Å²) in [6.07, 6.45) is 0. The molecule has 0 aliphatic heterocycles. The van der Waals surface area contributed by atoms with E-state index in [9.17, 15) is 4.79 Å². The lowest BCUT2D eigenvalue weighted by Gasteiger charge is -2.11. The number of hydrogen-bond donors (Lipinski definition) is 0. The van der Waals surface area contributed by atoms with Crippen LogP contribution in [0, 0.1) is 6.92 Å². The fourth-order valence-corrected chi connectivity index (χ4v) is 3.45. The summed E-state index contributed by atoms with van der Waals surface area (Å²) in [5.74, 6) is 1.11. The number of para-hydroxylation sites is 1. The molecule has 4 aromatic rings. The van der Waals surface area contributed by atoms with Crippen LogP contribution in [0.2, 0.25) is 5.02 Å². The standard InChI is InChI=1S/C23H20ClN3O3/c1-15-25-20-10-11-21(23(28)29-2)26-22(20)27(15)13-17-9-8-16(12-19(17)24)14-30-18-6-4-3-5-7-18/h3-12H,13-14H2,1-2H3. The van der Waals surface area contributed by atoms with Crippen LogP contribution in [0.5, 0.6) is 5.75 Å². The van der Waals surface area contributed by atoms with E-state index in [1.165, 1.54) is 7.11 Å². The number of esters is 1. The first-order valence-electron chi connectivity index (χ1n) is 9.42.